The number of aryl methyl sites for hydroxylation is 1. The fraction of sp³-hybridized carbons (Fsp3) is 0.182. The maximum absolute atomic E-state index is 11.9. The number of para-hydroxylation sites is 1. The Hall–Kier alpha value is -2.55. The Morgan fingerprint density at radius 3 is 2.39 bits per heavy atom. The minimum atomic E-state index is -0.514. The fourth-order valence-electron chi connectivity index (χ4n) is 2.87. The van der Waals surface area contributed by atoms with E-state index in [0.717, 1.165) is 17.2 Å². The molecule has 1 heterocycles. The molecule has 0 bridgehead atoms. The SMILES string of the molecule is COc1cc2[te]c(C=CC=CN(C(C)=O)c3ccccc3)[n+](C)c2cc1OC. The van der Waals surface area contributed by atoms with Gasteiger partial charge in [-0.3, -0.25) is 0 Å². The molecule has 0 aliphatic carbocycles. The van der Waals surface area contributed by atoms with Gasteiger partial charge in [0.1, 0.15) is 0 Å². The van der Waals surface area contributed by atoms with Crippen LogP contribution in [0.15, 0.2) is 60.8 Å². The van der Waals surface area contributed by atoms with Crippen molar-refractivity contribution in [3.8, 4) is 11.5 Å². The third kappa shape index (κ3) is 4.30. The van der Waals surface area contributed by atoms with Crippen molar-refractivity contribution in [1.29, 1.82) is 0 Å². The molecule has 0 aliphatic heterocycles. The third-order valence-corrected chi connectivity index (χ3v) is 7.66. The topological polar surface area (TPSA) is 42.7 Å². The molecule has 0 N–H and O–H groups in total. The Kier molecular flexibility index (Phi) is 6.56. The van der Waals surface area contributed by atoms with Gasteiger partial charge in [0, 0.05) is 0 Å². The average Bonchev–Trinajstić information content (AvgIpc) is 3.02. The number of hydrogen-bond donors (Lipinski definition) is 0. The number of allylic oxidation sites excluding steroid dienone is 2. The molecule has 6 heteroatoms. The molecule has 3 aromatic rings. The second-order valence-corrected chi connectivity index (χ2v) is 9.13. The van der Waals surface area contributed by atoms with Crippen LogP contribution >= 0.6 is 0 Å². The minimum absolute atomic E-state index is 0.0261. The van der Waals surface area contributed by atoms with E-state index in [-0.39, 0.29) is 5.91 Å². The van der Waals surface area contributed by atoms with Crippen molar-refractivity contribution in [2.45, 2.75) is 6.92 Å². The molecule has 0 aliphatic rings. The number of nitrogens with zero attached hydrogens (tertiary/aromatic N) is 2. The van der Waals surface area contributed by atoms with Crippen molar-refractivity contribution in [1.82, 2.24) is 0 Å². The van der Waals surface area contributed by atoms with Crippen molar-refractivity contribution in [2.24, 2.45) is 7.05 Å². The molecule has 28 heavy (non-hydrogen) atoms. The molecule has 0 unspecified atom stereocenters. The molecule has 0 atom stereocenters. The number of hydrogen-bond acceptors (Lipinski definition) is 3. The van der Waals surface area contributed by atoms with E-state index in [1.165, 1.54) is 12.6 Å². The zero-order valence-electron chi connectivity index (χ0n) is 16.4. The second kappa shape index (κ2) is 9.09. The number of amides is 1. The summed E-state index contributed by atoms with van der Waals surface area (Å²) in [5.74, 6) is 1.48. The van der Waals surface area contributed by atoms with E-state index in [9.17, 15) is 4.79 Å². The van der Waals surface area contributed by atoms with Crippen LogP contribution in [0.25, 0.3) is 15.0 Å². The van der Waals surface area contributed by atoms with Crippen LogP contribution in [0, 0.1) is 0 Å². The first kappa shape index (κ1) is 20.2. The molecule has 0 saturated heterocycles. The number of ether oxygens (including phenoxy) is 2. The summed E-state index contributed by atoms with van der Waals surface area (Å²) < 4.78 is 15.7. The molecule has 0 radical (unpaired) electrons. The van der Waals surface area contributed by atoms with Gasteiger partial charge in [-0.15, -0.1) is 0 Å². The average molecular weight is 491 g/mol. The standard InChI is InChI=1S/C22H23N2O3Te/c1-16(25)24(17-10-6-5-7-11-17)13-9-8-12-22-23(2)18-14-19(26-3)20(27-4)15-21(18)28-22/h5-15H,1-4H3/q+1. The van der Waals surface area contributed by atoms with Gasteiger partial charge >= 0.3 is 175 Å². The molecular weight excluding hydrogens is 468 g/mol. The van der Waals surface area contributed by atoms with E-state index in [1.807, 2.05) is 48.6 Å². The van der Waals surface area contributed by atoms with Gasteiger partial charge in [0.25, 0.3) is 0 Å². The molecule has 0 spiro atoms. The van der Waals surface area contributed by atoms with E-state index in [2.05, 4.69) is 23.8 Å². The van der Waals surface area contributed by atoms with Gasteiger partial charge in [0.15, 0.2) is 0 Å². The summed E-state index contributed by atoms with van der Waals surface area (Å²) >= 11 is -0.514. The normalized spacial score (nSPS) is 11.4. The van der Waals surface area contributed by atoms with Gasteiger partial charge in [-0.05, 0) is 0 Å². The summed E-state index contributed by atoms with van der Waals surface area (Å²) in [7, 11) is 5.38. The number of benzene rings is 2. The molecule has 0 saturated carbocycles. The summed E-state index contributed by atoms with van der Waals surface area (Å²) in [4.78, 5) is 13.6. The summed E-state index contributed by atoms with van der Waals surface area (Å²) in [6.45, 7) is 1.56. The van der Waals surface area contributed by atoms with E-state index in [4.69, 9.17) is 9.47 Å². The summed E-state index contributed by atoms with van der Waals surface area (Å²) in [5.41, 5.74) is 2.02. The van der Waals surface area contributed by atoms with Gasteiger partial charge in [0.05, 0.1) is 0 Å². The number of carbonyl (C=O) groups excluding carboxylic acids is 1. The number of aromatic nitrogens is 1. The Morgan fingerprint density at radius 1 is 1.07 bits per heavy atom. The van der Waals surface area contributed by atoms with Gasteiger partial charge in [-0.25, -0.2) is 0 Å². The van der Waals surface area contributed by atoms with Crippen LogP contribution in [0.2, 0.25) is 0 Å². The number of rotatable bonds is 6. The molecule has 1 amide bonds. The Labute approximate surface area is 174 Å². The van der Waals surface area contributed by atoms with E-state index < -0.39 is 20.4 Å². The van der Waals surface area contributed by atoms with Crippen molar-refractivity contribution in [3.63, 3.8) is 0 Å². The zero-order chi connectivity index (χ0) is 20.1. The number of carbonyl (C=O) groups is 1. The first-order chi connectivity index (χ1) is 13.5. The van der Waals surface area contributed by atoms with Crippen LogP contribution in [0.4, 0.5) is 5.69 Å². The van der Waals surface area contributed by atoms with E-state index in [1.54, 1.807) is 32.2 Å². The number of anilines is 1. The second-order valence-electron chi connectivity index (χ2n) is 6.10. The predicted molar refractivity (Wildman–Crippen MR) is 113 cm³/mol. The van der Waals surface area contributed by atoms with Gasteiger partial charge in [-0.1, -0.05) is 0 Å². The molecule has 0 fully saturated rings. The number of fused-ring (bicyclic) bond motifs is 1. The Morgan fingerprint density at radius 2 is 1.75 bits per heavy atom. The van der Waals surface area contributed by atoms with E-state index in [0.29, 0.717) is 0 Å². The van der Waals surface area contributed by atoms with Gasteiger partial charge < -0.3 is 0 Å². The van der Waals surface area contributed by atoms with E-state index >= 15 is 0 Å². The molecule has 2 aromatic carbocycles. The zero-order valence-corrected chi connectivity index (χ0v) is 18.7. The summed E-state index contributed by atoms with van der Waals surface area (Å²) in [5, 5.41) is 0. The van der Waals surface area contributed by atoms with Crippen molar-refractivity contribution in [2.75, 3.05) is 19.1 Å². The first-order valence-electron chi connectivity index (χ1n) is 8.79. The van der Waals surface area contributed by atoms with Crippen LogP contribution < -0.4 is 18.9 Å². The molecule has 3 rings (SSSR count). The van der Waals surface area contributed by atoms with Crippen LogP contribution in [-0.2, 0) is 11.8 Å². The first-order valence-corrected chi connectivity index (χ1v) is 11.1. The monoisotopic (exact) mass is 493 g/mol. The van der Waals surface area contributed by atoms with Gasteiger partial charge in [0.2, 0.25) is 0 Å². The predicted octanol–water partition coefficient (Wildman–Crippen LogP) is 3.32. The summed E-state index contributed by atoms with van der Waals surface area (Å²) in [6, 6.07) is 13.7. The van der Waals surface area contributed by atoms with Gasteiger partial charge in [-0.2, -0.15) is 0 Å². The fourth-order valence-corrected chi connectivity index (χ4v) is 5.94. The molecule has 5 nitrogen and oxygen atoms in total. The molecule has 144 valence electrons. The van der Waals surface area contributed by atoms with Crippen LogP contribution in [0.1, 0.15) is 10.6 Å². The van der Waals surface area contributed by atoms with Crippen molar-refractivity contribution < 1.29 is 18.8 Å². The van der Waals surface area contributed by atoms with Crippen molar-refractivity contribution >= 4 is 47.0 Å². The molecule has 1 aromatic heterocycles. The van der Waals surface area contributed by atoms with Crippen LogP contribution in [0.5, 0.6) is 11.5 Å². The summed E-state index contributed by atoms with van der Waals surface area (Å²) in [6.07, 6.45) is 7.78. The number of methoxy groups -OCH3 is 2. The van der Waals surface area contributed by atoms with Crippen LogP contribution in [-0.4, -0.2) is 40.6 Å². The quantitative estimate of drug-likeness (QED) is 0.302. The molecular formula is C22H23N2O3Te+. The Balaban J connectivity index is 1.85. The van der Waals surface area contributed by atoms with Crippen molar-refractivity contribution in [3.05, 3.63) is 64.5 Å². The van der Waals surface area contributed by atoms with Crippen LogP contribution in [0.3, 0.4) is 0 Å². The Bertz CT molecular complexity index is 1040. The third-order valence-electron chi connectivity index (χ3n) is 4.33. The maximum atomic E-state index is 11.9.